The molecule has 102 valence electrons. The van der Waals surface area contributed by atoms with Gasteiger partial charge in [-0.15, -0.1) is 14.8 Å². The number of tetrazole rings is 1. The summed E-state index contributed by atoms with van der Waals surface area (Å²) in [6.45, 7) is 4.61. The van der Waals surface area contributed by atoms with Crippen LogP contribution in [0.4, 0.5) is 5.82 Å². The summed E-state index contributed by atoms with van der Waals surface area (Å²) in [7, 11) is 0. The summed E-state index contributed by atoms with van der Waals surface area (Å²) in [6, 6.07) is 3.77. The molecule has 1 N–H and O–H groups in total. The number of nitrogens with zero attached hydrogens (tertiary/aromatic N) is 6. The van der Waals surface area contributed by atoms with Gasteiger partial charge in [-0.2, -0.15) is 0 Å². The highest BCUT2D eigenvalue weighted by molar-refractivity contribution is 5.41. The molecule has 3 rings (SSSR count). The number of rotatable bonds is 5. The smallest absolute Gasteiger partial charge is 0.200 e. The topological polar surface area (TPSA) is 71.2 Å². The van der Waals surface area contributed by atoms with Gasteiger partial charge in [0.25, 0.3) is 0 Å². The number of likely N-dealkylation sites (tertiary alicyclic amines) is 1. The fourth-order valence-electron chi connectivity index (χ4n) is 2.45. The van der Waals surface area contributed by atoms with Crippen molar-refractivity contribution in [3.05, 3.63) is 12.1 Å². The highest BCUT2D eigenvalue weighted by atomic mass is 15.6. The molecule has 0 unspecified atom stereocenters. The first kappa shape index (κ1) is 12.3. The largest absolute Gasteiger partial charge is 0.369 e. The van der Waals surface area contributed by atoms with Gasteiger partial charge in [0.15, 0.2) is 5.65 Å². The summed E-state index contributed by atoms with van der Waals surface area (Å²) in [5.74, 6) is 0.818. The second-order valence-electron chi connectivity index (χ2n) is 4.93. The maximum Gasteiger partial charge on any atom is 0.200 e. The predicted molar refractivity (Wildman–Crippen MR) is 72.0 cm³/mol. The molecule has 1 fully saturated rings. The SMILES string of the molecule is c1cc2nnnn2nc1NCCCN1CCCCC1. The third-order valence-electron chi connectivity index (χ3n) is 3.48. The molecular weight excluding hydrogens is 242 g/mol. The Hall–Kier alpha value is -1.76. The van der Waals surface area contributed by atoms with Gasteiger partial charge in [0.2, 0.25) is 0 Å². The molecule has 0 spiro atoms. The van der Waals surface area contributed by atoms with E-state index in [2.05, 4.69) is 30.8 Å². The monoisotopic (exact) mass is 261 g/mol. The molecule has 0 aromatic carbocycles. The number of anilines is 1. The minimum Gasteiger partial charge on any atom is -0.369 e. The van der Waals surface area contributed by atoms with E-state index >= 15 is 0 Å². The van der Waals surface area contributed by atoms with Crippen LogP contribution in [0.2, 0.25) is 0 Å². The van der Waals surface area contributed by atoms with E-state index in [4.69, 9.17) is 0 Å². The summed E-state index contributed by atoms with van der Waals surface area (Å²) in [5, 5.41) is 18.8. The summed E-state index contributed by atoms with van der Waals surface area (Å²) in [6.07, 6.45) is 5.23. The molecule has 0 aliphatic carbocycles. The van der Waals surface area contributed by atoms with Crippen LogP contribution in [0, 0.1) is 0 Å². The molecule has 19 heavy (non-hydrogen) atoms. The number of nitrogens with one attached hydrogen (secondary N) is 1. The first-order valence-corrected chi connectivity index (χ1v) is 6.93. The van der Waals surface area contributed by atoms with Crippen molar-refractivity contribution in [1.82, 2.24) is 30.2 Å². The Bertz CT molecular complexity index is 518. The van der Waals surface area contributed by atoms with Crippen LogP contribution in [0.25, 0.3) is 5.65 Å². The van der Waals surface area contributed by atoms with Crippen molar-refractivity contribution >= 4 is 11.5 Å². The fourth-order valence-corrected chi connectivity index (χ4v) is 2.45. The van der Waals surface area contributed by atoms with Crippen molar-refractivity contribution in [1.29, 1.82) is 0 Å². The molecule has 0 amide bonds. The van der Waals surface area contributed by atoms with Gasteiger partial charge in [-0.3, -0.25) is 0 Å². The molecule has 1 aliphatic rings. The van der Waals surface area contributed by atoms with Crippen molar-refractivity contribution in [2.24, 2.45) is 0 Å². The number of fused-ring (bicyclic) bond motifs is 1. The number of aromatic nitrogens is 5. The molecule has 0 saturated carbocycles. The van der Waals surface area contributed by atoms with Gasteiger partial charge in [-0.05, 0) is 61.5 Å². The van der Waals surface area contributed by atoms with Crippen molar-refractivity contribution in [2.75, 3.05) is 31.5 Å². The summed E-state index contributed by atoms with van der Waals surface area (Å²) >= 11 is 0. The van der Waals surface area contributed by atoms with Gasteiger partial charge < -0.3 is 10.2 Å². The van der Waals surface area contributed by atoms with Crippen molar-refractivity contribution < 1.29 is 0 Å². The molecule has 1 aliphatic heterocycles. The van der Waals surface area contributed by atoms with Crippen molar-refractivity contribution in [3.63, 3.8) is 0 Å². The van der Waals surface area contributed by atoms with Crippen LogP contribution < -0.4 is 5.32 Å². The van der Waals surface area contributed by atoms with Crippen LogP contribution in [0.3, 0.4) is 0 Å². The van der Waals surface area contributed by atoms with Gasteiger partial charge in [0.05, 0.1) is 0 Å². The average molecular weight is 261 g/mol. The van der Waals surface area contributed by atoms with Crippen molar-refractivity contribution in [2.45, 2.75) is 25.7 Å². The number of piperidine rings is 1. The van der Waals surface area contributed by atoms with Crippen LogP contribution in [0.5, 0.6) is 0 Å². The third kappa shape index (κ3) is 3.17. The van der Waals surface area contributed by atoms with E-state index in [9.17, 15) is 0 Å². The quantitative estimate of drug-likeness (QED) is 0.803. The number of hydrogen-bond acceptors (Lipinski definition) is 6. The maximum atomic E-state index is 4.28. The first-order valence-electron chi connectivity index (χ1n) is 6.93. The second-order valence-corrected chi connectivity index (χ2v) is 4.93. The van der Waals surface area contributed by atoms with Gasteiger partial charge in [-0.25, -0.2) is 0 Å². The first-order chi connectivity index (χ1) is 9.42. The minimum absolute atomic E-state index is 0.666. The Morgan fingerprint density at radius 1 is 1.16 bits per heavy atom. The second kappa shape index (κ2) is 5.92. The lowest BCUT2D eigenvalue weighted by atomic mass is 10.1. The van der Waals surface area contributed by atoms with Crippen molar-refractivity contribution in [3.8, 4) is 0 Å². The third-order valence-corrected chi connectivity index (χ3v) is 3.48. The Labute approximate surface area is 112 Å². The molecule has 2 aromatic rings. The summed E-state index contributed by atoms with van der Waals surface area (Å²) in [4.78, 5) is 2.54. The van der Waals surface area contributed by atoms with Crippen LogP contribution in [-0.4, -0.2) is 56.3 Å². The van der Waals surface area contributed by atoms with E-state index < -0.39 is 0 Å². The van der Waals surface area contributed by atoms with Crippen LogP contribution in [0.1, 0.15) is 25.7 Å². The molecule has 2 aromatic heterocycles. The molecule has 0 bridgehead atoms. The van der Waals surface area contributed by atoms with Gasteiger partial charge in [0, 0.05) is 6.54 Å². The van der Waals surface area contributed by atoms with E-state index in [0.29, 0.717) is 5.65 Å². The lowest BCUT2D eigenvalue weighted by Crippen LogP contribution is -2.31. The van der Waals surface area contributed by atoms with Crippen LogP contribution in [-0.2, 0) is 0 Å². The van der Waals surface area contributed by atoms with E-state index in [1.165, 1.54) is 43.5 Å². The van der Waals surface area contributed by atoms with Gasteiger partial charge >= 0.3 is 0 Å². The Kier molecular flexibility index (Phi) is 3.83. The maximum absolute atomic E-state index is 4.28. The van der Waals surface area contributed by atoms with Crippen LogP contribution >= 0.6 is 0 Å². The lowest BCUT2D eigenvalue weighted by molar-refractivity contribution is 0.228. The molecule has 0 atom stereocenters. The molecule has 7 nitrogen and oxygen atoms in total. The van der Waals surface area contributed by atoms with Gasteiger partial charge in [0.1, 0.15) is 5.82 Å². The Balaban J connectivity index is 1.43. The Morgan fingerprint density at radius 3 is 2.95 bits per heavy atom. The molecule has 1 saturated heterocycles. The van der Waals surface area contributed by atoms with E-state index in [-0.39, 0.29) is 0 Å². The summed E-state index contributed by atoms with van der Waals surface area (Å²) in [5.41, 5.74) is 0.666. The Morgan fingerprint density at radius 2 is 2.05 bits per heavy atom. The highest BCUT2D eigenvalue weighted by Crippen LogP contribution is 2.09. The van der Waals surface area contributed by atoms with Crippen LogP contribution in [0.15, 0.2) is 12.1 Å². The summed E-state index contributed by atoms with van der Waals surface area (Å²) < 4.78 is 1.44. The zero-order valence-corrected chi connectivity index (χ0v) is 11.0. The predicted octanol–water partition coefficient (Wildman–Crippen LogP) is 0.807. The standard InChI is InChI=1S/C12H19N7/c1-2-8-18(9-3-1)10-4-7-13-11-5-6-12-14-16-17-19(12)15-11/h5-6H,1-4,7-10H2,(H,13,15). The number of hydrogen-bond donors (Lipinski definition) is 1. The normalized spacial score (nSPS) is 16.8. The zero-order valence-electron chi connectivity index (χ0n) is 11.0. The average Bonchev–Trinajstić information content (AvgIpc) is 2.92. The molecule has 3 heterocycles. The highest BCUT2D eigenvalue weighted by Gasteiger charge is 2.08. The lowest BCUT2D eigenvalue weighted by Gasteiger charge is -2.26. The van der Waals surface area contributed by atoms with Gasteiger partial charge in [-0.1, -0.05) is 6.42 Å². The minimum atomic E-state index is 0.666. The molecule has 0 radical (unpaired) electrons. The molecular formula is C12H19N7. The molecule has 7 heteroatoms. The van der Waals surface area contributed by atoms with E-state index in [1.54, 1.807) is 0 Å². The zero-order chi connectivity index (χ0) is 12.9. The fraction of sp³-hybridized carbons (Fsp3) is 0.667. The van der Waals surface area contributed by atoms with E-state index in [1.807, 2.05) is 12.1 Å². The van der Waals surface area contributed by atoms with E-state index in [0.717, 1.165) is 18.8 Å².